The van der Waals surface area contributed by atoms with Crippen molar-refractivity contribution in [3.8, 4) is 0 Å². The predicted molar refractivity (Wildman–Crippen MR) is 86.1 cm³/mol. The summed E-state index contributed by atoms with van der Waals surface area (Å²) in [7, 11) is 0. The van der Waals surface area contributed by atoms with Crippen LogP contribution in [-0.2, 0) is 0 Å². The lowest BCUT2D eigenvalue weighted by molar-refractivity contribution is 0.0571. The van der Waals surface area contributed by atoms with Crippen LogP contribution in [0.3, 0.4) is 0 Å². The highest BCUT2D eigenvalue weighted by Gasteiger charge is 2.46. The smallest absolute Gasteiger partial charge is 0.0382 e. The molecule has 2 aliphatic rings. The lowest BCUT2D eigenvalue weighted by Gasteiger charge is -2.53. The molecule has 0 amide bonds. The Morgan fingerprint density at radius 2 is 1.94 bits per heavy atom. The molecule has 0 heterocycles. The van der Waals surface area contributed by atoms with Crippen LogP contribution in [0.25, 0.3) is 0 Å². The Bertz CT molecular complexity index is 435. The highest BCUT2D eigenvalue weighted by molar-refractivity contribution is 14.1. The summed E-state index contributed by atoms with van der Waals surface area (Å²) < 4.78 is 1.33. The molecule has 1 N–H and O–H groups in total. The predicted octanol–water partition coefficient (Wildman–Crippen LogP) is 5.12. The highest BCUT2D eigenvalue weighted by Crippen LogP contribution is 2.52. The number of anilines is 1. The van der Waals surface area contributed by atoms with Crippen LogP contribution < -0.4 is 5.32 Å². The molecule has 2 saturated carbocycles. The second-order valence-electron chi connectivity index (χ2n) is 6.12. The fourth-order valence-electron chi connectivity index (χ4n) is 3.71. The van der Waals surface area contributed by atoms with Gasteiger partial charge < -0.3 is 5.32 Å². The first-order valence-electron chi connectivity index (χ1n) is 7.22. The SMILES string of the molecule is Cc1ccc(I)cc1NC1CCC12CCCCC2. The van der Waals surface area contributed by atoms with Crippen molar-refractivity contribution in [3.05, 3.63) is 27.3 Å². The largest absolute Gasteiger partial charge is 0.382 e. The van der Waals surface area contributed by atoms with Gasteiger partial charge in [-0.05, 0) is 78.3 Å². The monoisotopic (exact) mass is 355 g/mol. The zero-order valence-corrected chi connectivity index (χ0v) is 13.3. The van der Waals surface area contributed by atoms with E-state index in [9.17, 15) is 0 Å². The van der Waals surface area contributed by atoms with Crippen LogP contribution in [0.15, 0.2) is 18.2 Å². The molecule has 0 saturated heterocycles. The maximum Gasteiger partial charge on any atom is 0.0382 e. The number of aryl methyl sites for hydroxylation is 1. The minimum atomic E-state index is 0.645. The Kier molecular flexibility index (Phi) is 3.57. The summed E-state index contributed by atoms with van der Waals surface area (Å²) in [6, 6.07) is 7.45. The summed E-state index contributed by atoms with van der Waals surface area (Å²) in [6.07, 6.45) is 10.1. The van der Waals surface area contributed by atoms with E-state index in [0.29, 0.717) is 5.41 Å². The third-order valence-corrected chi connectivity index (χ3v) is 5.72. The molecule has 0 aliphatic heterocycles. The molecule has 1 unspecified atom stereocenters. The molecule has 1 nitrogen and oxygen atoms in total. The lowest BCUT2D eigenvalue weighted by atomic mass is 9.57. The normalized spacial score (nSPS) is 25.8. The maximum absolute atomic E-state index is 3.84. The van der Waals surface area contributed by atoms with E-state index >= 15 is 0 Å². The van der Waals surface area contributed by atoms with Gasteiger partial charge in [0, 0.05) is 15.3 Å². The first-order valence-corrected chi connectivity index (χ1v) is 8.30. The zero-order valence-electron chi connectivity index (χ0n) is 11.1. The van der Waals surface area contributed by atoms with E-state index in [2.05, 4.69) is 53.0 Å². The molecule has 18 heavy (non-hydrogen) atoms. The molecule has 2 aliphatic carbocycles. The molecule has 1 spiro atoms. The average Bonchev–Trinajstić information content (AvgIpc) is 2.39. The van der Waals surface area contributed by atoms with Gasteiger partial charge in [-0.3, -0.25) is 0 Å². The minimum Gasteiger partial charge on any atom is -0.382 e. The molecule has 1 aromatic rings. The fourth-order valence-corrected chi connectivity index (χ4v) is 4.21. The third kappa shape index (κ3) is 2.28. The fraction of sp³-hybridized carbons (Fsp3) is 0.625. The first-order chi connectivity index (χ1) is 8.70. The number of halogens is 1. The summed E-state index contributed by atoms with van der Waals surface area (Å²) in [4.78, 5) is 0. The van der Waals surface area contributed by atoms with Crippen molar-refractivity contribution in [2.24, 2.45) is 5.41 Å². The molecule has 2 heteroatoms. The van der Waals surface area contributed by atoms with E-state index in [1.54, 1.807) is 0 Å². The minimum absolute atomic E-state index is 0.645. The van der Waals surface area contributed by atoms with E-state index in [-0.39, 0.29) is 0 Å². The number of rotatable bonds is 2. The Hall–Kier alpha value is -0.250. The molecule has 2 fully saturated rings. The van der Waals surface area contributed by atoms with Crippen LogP contribution in [0.1, 0.15) is 50.5 Å². The third-order valence-electron chi connectivity index (χ3n) is 5.05. The van der Waals surface area contributed by atoms with E-state index in [0.717, 1.165) is 6.04 Å². The maximum atomic E-state index is 3.84. The van der Waals surface area contributed by atoms with Gasteiger partial charge in [0.05, 0.1) is 0 Å². The van der Waals surface area contributed by atoms with E-state index in [1.165, 1.54) is 59.8 Å². The van der Waals surface area contributed by atoms with Crippen LogP contribution in [-0.4, -0.2) is 6.04 Å². The Morgan fingerprint density at radius 3 is 2.61 bits per heavy atom. The molecule has 98 valence electrons. The van der Waals surface area contributed by atoms with Crippen molar-refractivity contribution in [2.45, 2.75) is 57.9 Å². The van der Waals surface area contributed by atoms with Gasteiger partial charge in [-0.1, -0.05) is 25.3 Å². The van der Waals surface area contributed by atoms with Crippen molar-refractivity contribution in [2.75, 3.05) is 5.32 Å². The van der Waals surface area contributed by atoms with Crippen LogP contribution in [0, 0.1) is 15.9 Å². The number of benzene rings is 1. The topological polar surface area (TPSA) is 12.0 Å². The van der Waals surface area contributed by atoms with E-state index in [1.807, 2.05) is 0 Å². The summed E-state index contributed by atoms with van der Waals surface area (Å²) in [5.74, 6) is 0. The zero-order chi connectivity index (χ0) is 12.6. The Labute approximate surface area is 124 Å². The van der Waals surface area contributed by atoms with E-state index < -0.39 is 0 Å². The summed E-state index contributed by atoms with van der Waals surface area (Å²) in [6.45, 7) is 2.21. The van der Waals surface area contributed by atoms with Gasteiger partial charge in [0.2, 0.25) is 0 Å². The average molecular weight is 355 g/mol. The van der Waals surface area contributed by atoms with Gasteiger partial charge in [0.15, 0.2) is 0 Å². The quantitative estimate of drug-likeness (QED) is 0.726. The molecular formula is C16H22IN. The molecule has 1 aromatic carbocycles. The number of hydrogen-bond donors (Lipinski definition) is 1. The number of nitrogens with one attached hydrogen (secondary N) is 1. The molecular weight excluding hydrogens is 333 g/mol. The van der Waals surface area contributed by atoms with Gasteiger partial charge in [-0.25, -0.2) is 0 Å². The molecule has 1 atom stereocenters. The second kappa shape index (κ2) is 5.03. The summed E-state index contributed by atoms with van der Waals surface area (Å²) in [5, 5.41) is 3.84. The Balaban J connectivity index is 1.74. The van der Waals surface area contributed by atoms with Gasteiger partial charge >= 0.3 is 0 Å². The van der Waals surface area contributed by atoms with Crippen molar-refractivity contribution >= 4 is 28.3 Å². The molecule has 0 aromatic heterocycles. The van der Waals surface area contributed by atoms with Crippen molar-refractivity contribution in [3.63, 3.8) is 0 Å². The lowest BCUT2D eigenvalue weighted by Crippen LogP contribution is -2.50. The number of hydrogen-bond acceptors (Lipinski definition) is 1. The van der Waals surface area contributed by atoms with Crippen molar-refractivity contribution < 1.29 is 0 Å². The standard InChI is InChI=1S/C16H22IN/c1-12-5-6-13(17)11-14(12)18-15-7-10-16(15)8-3-2-4-9-16/h5-6,11,15,18H,2-4,7-10H2,1H3. The molecule has 3 rings (SSSR count). The second-order valence-corrected chi connectivity index (χ2v) is 7.36. The van der Waals surface area contributed by atoms with Gasteiger partial charge in [-0.15, -0.1) is 0 Å². The summed E-state index contributed by atoms with van der Waals surface area (Å²) in [5.41, 5.74) is 3.39. The molecule has 0 radical (unpaired) electrons. The van der Waals surface area contributed by atoms with Crippen molar-refractivity contribution in [1.82, 2.24) is 0 Å². The Morgan fingerprint density at radius 1 is 1.17 bits per heavy atom. The van der Waals surface area contributed by atoms with Gasteiger partial charge in [-0.2, -0.15) is 0 Å². The van der Waals surface area contributed by atoms with Crippen LogP contribution in [0.2, 0.25) is 0 Å². The van der Waals surface area contributed by atoms with Gasteiger partial charge in [0.1, 0.15) is 0 Å². The molecule has 0 bridgehead atoms. The van der Waals surface area contributed by atoms with Crippen molar-refractivity contribution in [1.29, 1.82) is 0 Å². The van der Waals surface area contributed by atoms with Crippen LogP contribution in [0.5, 0.6) is 0 Å². The summed E-state index contributed by atoms with van der Waals surface area (Å²) >= 11 is 2.40. The van der Waals surface area contributed by atoms with Crippen LogP contribution in [0.4, 0.5) is 5.69 Å². The highest BCUT2D eigenvalue weighted by atomic mass is 127. The first kappa shape index (κ1) is 12.8. The van der Waals surface area contributed by atoms with Gasteiger partial charge in [0.25, 0.3) is 0 Å². The van der Waals surface area contributed by atoms with Crippen LogP contribution >= 0.6 is 22.6 Å². The van der Waals surface area contributed by atoms with E-state index in [4.69, 9.17) is 0 Å².